The molecule has 10 heteroatoms. The Kier molecular flexibility index (Phi) is 4.79. The van der Waals surface area contributed by atoms with Gasteiger partial charge in [0.2, 0.25) is 0 Å². The molecule has 0 amide bonds. The Labute approximate surface area is 155 Å². The van der Waals surface area contributed by atoms with Gasteiger partial charge in [-0.1, -0.05) is 11.6 Å². The molecule has 2 aliphatic rings. The predicted molar refractivity (Wildman–Crippen MR) is 91.5 cm³/mol. The van der Waals surface area contributed by atoms with Gasteiger partial charge in [0.1, 0.15) is 11.5 Å². The number of ketones is 1. The fourth-order valence-corrected chi connectivity index (χ4v) is 4.84. The molecule has 1 saturated heterocycles. The lowest BCUT2D eigenvalue weighted by atomic mass is 9.89. The minimum atomic E-state index is -3.91. The van der Waals surface area contributed by atoms with Crippen molar-refractivity contribution in [3.05, 3.63) is 28.8 Å². The van der Waals surface area contributed by atoms with E-state index in [2.05, 4.69) is 0 Å². The first-order valence-electron chi connectivity index (χ1n) is 8.04. The zero-order valence-corrected chi connectivity index (χ0v) is 15.6. The second-order valence-corrected chi connectivity index (χ2v) is 8.74. The van der Waals surface area contributed by atoms with Crippen LogP contribution in [0.1, 0.15) is 18.4 Å². The van der Waals surface area contributed by atoms with E-state index in [1.54, 1.807) is 12.1 Å². The summed E-state index contributed by atoms with van der Waals surface area (Å²) in [7, 11) is -2.49. The lowest BCUT2D eigenvalue weighted by Crippen LogP contribution is -2.44. The Morgan fingerprint density at radius 3 is 2.54 bits per heavy atom. The molecule has 0 unspecified atom stereocenters. The van der Waals surface area contributed by atoms with Crippen LogP contribution in [0.2, 0.25) is 5.02 Å². The Hall–Kier alpha value is -1.29. The molecule has 1 atom stereocenters. The highest BCUT2D eigenvalue weighted by Gasteiger charge is 2.82. The van der Waals surface area contributed by atoms with E-state index in [1.807, 2.05) is 0 Å². The highest BCUT2D eigenvalue weighted by Crippen LogP contribution is 2.71. The number of nitrogens with two attached hydrogens (primary N) is 1. The first-order valence-corrected chi connectivity index (χ1v) is 9.92. The SMILES string of the molecule is COc1ccc(Cl)cc1CC(=O)[C@@H]1C(F)(F)C12CCN(S(N)(=O)=O)CC2. The molecule has 144 valence electrons. The quantitative estimate of drug-likeness (QED) is 0.807. The zero-order chi connectivity index (χ0) is 19.3. The molecule has 0 aromatic heterocycles. The monoisotopic (exact) mass is 408 g/mol. The summed E-state index contributed by atoms with van der Waals surface area (Å²) in [6.45, 7) is -0.225. The summed E-state index contributed by atoms with van der Waals surface area (Å²) >= 11 is 5.92. The molecule has 1 aromatic rings. The average molecular weight is 409 g/mol. The smallest absolute Gasteiger partial charge is 0.276 e. The number of carbonyl (C=O) groups excluding carboxylic acids is 1. The molecule has 26 heavy (non-hydrogen) atoms. The molecule has 3 rings (SSSR count). The molecule has 1 saturated carbocycles. The van der Waals surface area contributed by atoms with Gasteiger partial charge in [-0.2, -0.15) is 12.7 Å². The van der Waals surface area contributed by atoms with Crippen LogP contribution >= 0.6 is 11.6 Å². The third-order valence-corrected chi connectivity index (χ3v) is 6.72. The average Bonchev–Trinajstić information content (AvgIpc) is 3.01. The van der Waals surface area contributed by atoms with Crippen LogP contribution in [0.3, 0.4) is 0 Å². The maximum Gasteiger partial charge on any atom is 0.276 e. The van der Waals surface area contributed by atoms with Crippen LogP contribution < -0.4 is 9.88 Å². The summed E-state index contributed by atoms with van der Waals surface area (Å²) in [4.78, 5) is 12.6. The van der Waals surface area contributed by atoms with Gasteiger partial charge >= 0.3 is 0 Å². The summed E-state index contributed by atoms with van der Waals surface area (Å²) in [6.07, 6.45) is -0.413. The van der Waals surface area contributed by atoms with Crippen molar-refractivity contribution in [2.24, 2.45) is 16.5 Å². The fraction of sp³-hybridized carbons (Fsp3) is 0.562. The number of methoxy groups -OCH3 is 1. The maximum absolute atomic E-state index is 14.5. The molecule has 0 radical (unpaired) electrons. The van der Waals surface area contributed by atoms with E-state index < -0.39 is 33.2 Å². The molecule has 2 fully saturated rings. The first-order chi connectivity index (χ1) is 12.0. The van der Waals surface area contributed by atoms with Gasteiger partial charge in [-0.25, -0.2) is 13.9 Å². The van der Waals surface area contributed by atoms with Gasteiger partial charge in [-0.15, -0.1) is 0 Å². The van der Waals surface area contributed by atoms with Gasteiger partial charge in [0.15, 0.2) is 0 Å². The van der Waals surface area contributed by atoms with E-state index in [4.69, 9.17) is 21.5 Å². The summed E-state index contributed by atoms with van der Waals surface area (Å²) in [5, 5.41) is 5.43. The Bertz CT molecular complexity index is 839. The number of hydrogen-bond acceptors (Lipinski definition) is 4. The van der Waals surface area contributed by atoms with Crippen LogP contribution in [0.4, 0.5) is 8.78 Å². The third-order valence-electron chi connectivity index (χ3n) is 5.40. The first kappa shape index (κ1) is 19.5. The van der Waals surface area contributed by atoms with Crippen molar-refractivity contribution >= 4 is 27.6 Å². The standard InChI is InChI=1S/C16H19ClF2N2O4S/c1-25-13-3-2-11(17)8-10(13)9-12(22)14-15(16(14,18)19)4-6-21(7-5-15)26(20,23)24/h2-3,8,14H,4-7,9H2,1H3,(H2,20,23,24)/t14-/m0/s1. The molecular formula is C16H19ClF2N2O4S. The van der Waals surface area contributed by atoms with Crippen LogP contribution in [-0.2, 0) is 21.4 Å². The maximum atomic E-state index is 14.5. The number of benzene rings is 1. The van der Waals surface area contributed by atoms with E-state index in [0.29, 0.717) is 16.3 Å². The van der Waals surface area contributed by atoms with Gasteiger partial charge in [-0.3, -0.25) is 4.79 Å². The molecule has 1 spiro atoms. The molecule has 1 aliphatic carbocycles. The van der Waals surface area contributed by atoms with Crippen LogP contribution in [0.25, 0.3) is 0 Å². The highest BCUT2D eigenvalue weighted by atomic mass is 35.5. The fourth-order valence-electron chi connectivity index (χ4n) is 3.96. The Balaban J connectivity index is 1.76. The van der Waals surface area contributed by atoms with Crippen LogP contribution in [0.15, 0.2) is 18.2 Å². The zero-order valence-electron chi connectivity index (χ0n) is 14.0. The van der Waals surface area contributed by atoms with Crippen molar-refractivity contribution in [3.8, 4) is 5.75 Å². The number of alkyl halides is 2. The van der Waals surface area contributed by atoms with E-state index in [9.17, 15) is 22.0 Å². The second kappa shape index (κ2) is 6.40. The predicted octanol–water partition coefficient (Wildman–Crippen LogP) is 2.01. The van der Waals surface area contributed by atoms with Crippen LogP contribution in [-0.4, -0.2) is 44.6 Å². The molecule has 6 nitrogen and oxygen atoms in total. The van der Waals surface area contributed by atoms with Gasteiger partial charge in [0, 0.05) is 30.1 Å². The normalized spacial score (nSPS) is 24.4. The summed E-state index contributed by atoms with van der Waals surface area (Å²) in [6, 6.07) is 4.69. The molecular weight excluding hydrogens is 390 g/mol. The summed E-state index contributed by atoms with van der Waals surface area (Å²) < 4.78 is 57.8. The van der Waals surface area contributed by atoms with Crippen molar-refractivity contribution in [2.45, 2.75) is 25.2 Å². The molecule has 1 aliphatic heterocycles. The van der Waals surface area contributed by atoms with E-state index in [-0.39, 0.29) is 32.4 Å². The summed E-state index contributed by atoms with van der Waals surface area (Å²) in [5.74, 6) is -4.77. The van der Waals surface area contributed by atoms with Crippen molar-refractivity contribution < 1.29 is 26.7 Å². The minimum absolute atomic E-state index is 0.0977. The highest BCUT2D eigenvalue weighted by molar-refractivity contribution is 7.86. The van der Waals surface area contributed by atoms with Crippen molar-refractivity contribution in [3.63, 3.8) is 0 Å². The second-order valence-electron chi connectivity index (χ2n) is 6.76. The van der Waals surface area contributed by atoms with Crippen molar-refractivity contribution in [1.29, 1.82) is 0 Å². The van der Waals surface area contributed by atoms with Crippen LogP contribution in [0.5, 0.6) is 5.75 Å². The number of hydrogen-bond donors (Lipinski definition) is 1. The van der Waals surface area contributed by atoms with Gasteiger partial charge in [-0.05, 0) is 31.0 Å². The molecule has 2 N–H and O–H groups in total. The van der Waals surface area contributed by atoms with E-state index in [0.717, 1.165) is 4.31 Å². The molecule has 1 aromatic carbocycles. The lowest BCUT2D eigenvalue weighted by molar-refractivity contribution is -0.121. The number of carbonyl (C=O) groups is 1. The number of piperidine rings is 1. The van der Waals surface area contributed by atoms with Gasteiger partial charge in [0.05, 0.1) is 18.4 Å². The number of nitrogens with zero attached hydrogens (tertiary/aromatic N) is 1. The summed E-state index contributed by atoms with van der Waals surface area (Å²) in [5.41, 5.74) is -1.04. The van der Waals surface area contributed by atoms with Crippen molar-refractivity contribution in [1.82, 2.24) is 4.31 Å². The number of rotatable bonds is 5. The van der Waals surface area contributed by atoms with E-state index >= 15 is 0 Å². The number of halogens is 3. The lowest BCUT2D eigenvalue weighted by Gasteiger charge is -2.30. The van der Waals surface area contributed by atoms with Crippen LogP contribution in [0, 0.1) is 11.3 Å². The molecule has 1 heterocycles. The topological polar surface area (TPSA) is 89.7 Å². The number of Topliss-reactive ketones (excluding diaryl/α,β-unsaturated/α-hetero) is 1. The Morgan fingerprint density at radius 2 is 2.00 bits per heavy atom. The minimum Gasteiger partial charge on any atom is -0.496 e. The Morgan fingerprint density at radius 1 is 1.38 bits per heavy atom. The molecule has 0 bridgehead atoms. The largest absolute Gasteiger partial charge is 0.496 e. The van der Waals surface area contributed by atoms with Crippen molar-refractivity contribution in [2.75, 3.05) is 20.2 Å². The third kappa shape index (κ3) is 3.11. The van der Waals surface area contributed by atoms with Gasteiger partial charge in [0.25, 0.3) is 16.1 Å². The van der Waals surface area contributed by atoms with Gasteiger partial charge < -0.3 is 4.74 Å². The van der Waals surface area contributed by atoms with E-state index in [1.165, 1.54) is 13.2 Å². The number of ether oxygens (including phenoxy) is 1.